The molecule has 2 heterocycles. The minimum absolute atomic E-state index is 0.0830. The van der Waals surface area contributed by atoms with Crippen molar-refractivity contribution in [3.05, 3.63) is 46.2 Å². The van der Waals surface area contributed by atoms with Crippen LogP contribution in [-0.4, -0.2) is 49.4 Å². The maximum atomic E-state index is 12.3. The molecule has 6 nitrogen and oxygen atoms in total. The molecule has 0 saturated carbocycles. The van der Waals surface area contributed by atoms with Crippen molar-refractivity contribution in [1.82, 2.24) is 15.5 Å². The van der Waals surface area contributed by atoms with Gasteiger partial charge in [-0.2, -0.15) is 11.3 Å². The molecule has 2 aromatic rings. The number of amides is 2. The summed E-state index contributed by atoms with van der Waals surface area (Å²) in [7, 11) is 4.05. The van der Waals surface area contributed by atoms with Crippen molar-refractivity contribution in [2.45, 2.75) is 51.5 Å². The zero-order chi connectivity index (χ0) is 21.0. The number of nitrogens with one attached hydrogen (secondary N) is 2. The fourth-order valence-electron chi connectivity index (χ4n) is 3.40. The average Bonchev–Trinajstić information content (AvgIpc) is 3.23. The molecule has 2 amide bonds. The van der Waals surface area contributed by atoms with E-state index in [1.165, 1.54) is 5.56 Å². The number of thiophene rings is 1. The van der Waals surface area contributed by atoms with Gasteiger partial charge in [0.15, 0.2) is 11.5 Å². The van der Waals surface area contributed by atoms with Gasteiger partial charge in [-0.1, -0.05) is 6.07 Å². The number of fused-ring (bicyclic) bond motifs is 1. The summed E-state index contributed by atoms with van der Waals surface area (Å²) < 4.78 is 11.6. The van der Waals surface area contributed by atoms with Crippen molar-refractivity contribution in [3.8, 4) is 11.5 Å². The van der Waals surface area contributed by atoms with E-state index in [0.29, 0.717) is 6.54 Å². The van der Waals surface area contributed by atoms with Gasteiger partial charge in [0, 0.05) is 32.5 Å². The topological polar surface area (TPSA) is 62.8 Å². The molecule has 0 bridgehead atoms. The normalized spacial score (nSPS) is 16.5. The number of nitrogens with zero attached hydrogens (tertiary/aromatic N) is 1. The van der Waals surface area contributed by atoms with Gasteiger partial charge >= 0.3 is 6.03 Å². The molecular formula is C22H31N3O3S. The Bertz CT molecular complexity index is 821. The van der Waals surface area contributed by atoms with Crippen LogP contribution in [0.4, 0.5) is 4.79 Å². The first kappa shape index (κ1) is 21.5. The fourth-order valence-corrected chi connectivity index (χ4v) is 4.08. The lowest BCUT2D eigenvalue weighted by Crippen LogP contribution is -2.47. The van der Waals surface area contributed by atoms with Crippen molar-refractivity contribution in [2.24, 2.45) is 0 Å². The van der Waals surface area contributed by atoms with Crippen LogP contribution in [0.5, 0.6) is 11.5 Å². The largest absolute Gasteiger partial charge is 0.449 e. The van der Waals surface area contributed by atoms with Crippen LogP contribution in [0.1, 0.15) is 31.9 Å². The van der Waals surface area contributed by atoms with Gasteiger partial charge in [-0.05, 0) is 73.9 Å². The minimum Gasteiger partial charge on any atom is -0.449 e. The van der Waals surface area contributed by atoms with Crippen LogP contribution in [0.3, 0.4) is 0 Å². The molecule has 158 valence electrons. The van der Waals surface area contributed by atoms with Crippen LogP contribution in [0.2, 0.25) is 0 Å². The molecule has 0 unspecified atom stereocenters. The highest BCUT2D eigenvalue weighted by Gasteiger charge is 2.31. The molecular weight excluding hydrogens is 386 g/mol. The molecule has 2 N–H and O–H groups in total. The Balaban J connectivity index is 1.51. The molecule has 1 aliphatic heterocycles. The van der Waals surface area contributed by atoms with E-state index >= 15 is 0 Å². The fraction of sp³-hybridized carbons (Fsp3) is 0.500. The molecule has 1 aliphatic rings. The Morgan fingerprint density at radius 1 is 1.14 bits per heavy atom. The van der Waals surface area contributed by atoms with Crippen LogP contribution in [-0.2, 0) is 12.8 Å². The Kier molecular flexibility index (Phi) is 6.70. The maximum absolute atomic E-state index is 12.3. The standard InChI is InChI=1S/C22H31N3O3S/c1-15(10-17-8-9-29-14-17)24-21(26)23-13-18(25(4)5)11-16-6-7-19-20(12-16)28-22(2,3)27-19/h6-9,12,14-15,18H,10-11,13H2,1-5H3,(H2,23,24,26)/t15-,18-/m0/s1. The first-order chi connectivity index (χ1) is 13.7. The van der Waals surface area contributed by atoms with Crippen LogP contribution >= 0.6 is 11.3 Å². The second-order valence-corrected chi connectivity index (χ2v) is 9.08. The molecule has 7 heteroatoms. The Morgan fingerprint density at radius 2 is 1.90 bits per heavy atom. The van der Waals surface area contributed by atoms with Gasteiger partial charge in [-0.15, -0.1) is 0 Å². The van der Waals surface area contributed by atoms with Crippen molar-refractivity contribution >= 4 is 17.4 Å². The van der Waals surface area contributed by atoms with E-state index in [1.54, 1.807) is 11.3 Å². The third-order valence-corrected chi connectivity index (χ3v) is 5.65. The SMILES string of the molecule is C[C@@H](Cc1ccsc1)NC(=O)NC[C@H](Cc1ccc2c(c1)OC(C)(C)O2)N(C)C. The Hall–Kier alpha value is -2.25. The maximum Gasteiger partial charge on any atom is 0.315 e. The molecule has 0 aliphatic carbocycles. The van der Waals surface area contributed by atoms with Gasteiger partial charge < -0.3 is 25.0 Å². The molecule has 0 spiro atoms. The molecule has 2 atom stereocenters. The van der Waals surface area contributed by atoms with Crippen LogP contribution < -0.4 is 20.1 Å². The zero-order valence-corrected chi connectivity index (χ0v) is 18.6. The van der Waals surface area contributed by atoms with Crippen molar-refractivity contribution in [2.75, 3.05) is 20.6 Å². The summed E-state index contributed by atoms with van der Waals surface area (Å²) in [6.45, 7) is 6.38. The average molecular weight is 418 g/mol. The number of benzene rings is 1. The van der Waals surface area contributed by atoms with E-state index in [9.17, 15) is 4.79 Å². The summed E-state index contributed by atoms with van der Waals surface area (Å²) in [6.07, 6.45) is 1.64. The van der Waals surface area contributed by atoms with Gasteiger partial charge in [0.25, 0.3) is 0 Å². The summed E-state index contributed by atoms with van der Waals surface area (Å²) in [4.78, 5) is 14.4. The lowest BCUT2D eigenvalue weighted by atomic mass is 10.0. The second kappa shape index (κ2) is 9.05. The molecule has 1 aromatic carbocycles. The lowest BCUT2D eigenvalue weighted by Gasteiger charge is -2.25. The predicted molar refractivity (Wildman–Crippen MR) is 117 cm³/mol. The van der Waals surface area contributed by atoms with Gasteiger partial charge in [0.05, 0.1) is 0 Å². The monoisotopic (exact) mass is 417 g/mol. The molecule has 29 heavy (non-hydrogen) atoms. The number of carbonyl (C=O) groups is 1. The number of hydrogen-bond acceptors (Lipinski definition) is 5. The number of rotatable bonds is 8. The Morgan fingerprint density at radius 3 is 2.59 bits per heavy atom. The number of ether oxygens (including phenoxy) is 2. The van der Waals surface area contributed by atoms with E-state index in [-0.39, 0.29) is 18.1 Å². The zero-order valence-electron chi connectivity index (χ0n) is 17.8. The van der Waals surface area contributed by atoms with Crippen LogP contribution in [0.15, 0.2) is 35.0 Å². The van der Waals surface area contributed by atoms with Gasteiger partial charge in [-0.25, -0.2) is 4.79 Å². The number of urea groups is 1. The first-order valence-corrected chi connectivity index (χ1v) is 10.9. The van der Waals surface area contributed by atoms with Crippen molar-refractivity contribution < 1.29 is 14.3 Å². The molecule has 0 fully saturated rings. The summed E-state index contributed by atoms with van der Waals surface area (Å²) in [5.74, 6) is 0.927. The predicted octanol–water partition coefficient (Wildman–Crippen LogP) is 3.66. The Labute approximate surface area is 177 Å². The van der Waals surface area contributed by atoms with E-state index in [0.717, 1.165) is 29.9 Å². The molecule has 3 rings (SSSR count). The number of likely N-dealkylation sites (N-methyl/N-ethyl adjacent to an activating group) is 1. The van der Waals surface area contributed by atoms with Gasteiger partial charge in [0.1, 0.15) is 0 Å². The highest BCUT2D eigenvalue weighted by Crippen LogP contribution is 2.39. The number of carbonyl (C=O) groups excluding carboxylic acids is 1. The third-order valence-electron chi connectivity index (χ3n) is 4.92. The quantitative estimate of drug-likeness (QED) is 0.688. The first-order valence-electron chi connectivity index (χ1n) is 9.94. The third kappa shape index (κ3) is 6.11. The van der Waals surface area contributed by atoms with E-state index in [4.69, 9.17) is 9.47 Å². The number of hydrogen-bond donors (Lipinski definition) is 2. The van der Waals surface area contributed by atoms with Crippen LogP contribution in [0, 0.1) is 0 Å². The summed E-state index contributed by atoms with van der Waals surface area (Å²) >= 11 is 1.68. The second-order valence-electron chi connectivity index (χ2n) is 8.30. The highest BCUT2D eigenvalue weighted by molar-refractivity contribution is 7.07. The van der Waals surface area contributed by atoms with Gasteiger partial charge in [-0.3, -0.25) is 0 Å². The summed E-state index contributed by atoms with van der Waals surface area (Å²) in [6, 6.07) is 8.26. The van der Waals surface area contributed by atoms with E-state index < -0.39 is 5.79 Å². The van der Waals surface area contributed by atoms with Crippen LogP contribution in [0.25, 0.3) is 0 Å². The minimum atomic E-state index is -0.624. The summed E-state index contributed by atoms with van der Waals surface area (Å²) in [5, 5.41) is 10.2. The smallest absolute Gasteiger partial charge is 0.315 e. The van der Waals surface area contributed by atoms with Gasteiger partial charge in [0.2, 0.25) is 5.79 Å². The molecule has 0 saturated heterocycles. The summed E-state index contributed by atoms with van der Waals surface area (Å²) in [5.41, 5.74) is 2.40. The molecule has 1 aromatic heterocycles. The van der Waals surface area contributed by atoms with E-state index in [1.807, 2.05) is 47.0 Å². The lowest BCUT2D eigenvalue weighted by molar-refractivity contribution is -0.0431. The van der Waals surface area contributed by atoms with Crippen molar-refractivity contribution in [3.63, 3.8) is 0 Å². The van der Waals surface area contributed by atoms with E-state index in [2.05, 4.69) is 38.4 Å². The van der Waals surface area contributed by atoms with Crippen molar-refractivity contribution in [1.29, 1.82) is 0 Å². The molecule has 0 radical (unpaired) electrons. The highest BCUT2D eigenvalue weighted by atomic mass is 32.1.